The minimum Gasteiger partial charge on any atom is -0.477 e. The molecule has 1 aliphatic rings. The van der Waals surface area contributed by atoms with Crippen LogP contribution in [0.1, 0.15) is 25.6 Å². The topological polar surface area (TPSA) is 66.8 Å². The normalized spacial score (nSPS) is 13.0. The molecule has 0 fully saturated rings. The van der Waals surface area contributed by atoms with Crippen LogP contribution in [0.3, 0.4) is 0 Å². The van der Waals surface area contributed by atoms with Crippen LogP contribution in [0.15, 0.2) is 47.8 Å². The van der Waals surface area contributed by atoms with Gasteiger partial charge >= 0.3 is 5.97 Å². The number of hydrogen-bond donors (Lipinski definition) is 1. The van der Waals surface area contributed by atoms with E-state index < -0.39 is 5.97 Å². The van der Waals surface area contributed by atoms with Crippen molar-refractivity contribution in [3.05, 3.63) is 73.9 Å². The largest absolute Gasteiger partial charge is 0.477 e. The number of rotatable bonds is 3. The molecule has 28 heavy (non-hydrogen) atoms. The number of hydrogen-bond acceptors (Lipinski definition) is 4. The van der Waals surface area contributed by atoms with E-state index in [-0.39, 0.29) is 22.5 Å². The Morgan fingerprint density at radius 2 is 1.89 bits per heavy atom. The van der Waals surface area contributed by atoms with Gasteiger partial charge in [-0.1, -0.05) is 29.3 Å². The summed E-state index contributed by atoms with van der Waals surface area (Å²) in [6, 6.07) is 12.0. The molecule has 0 bridgehead atoms. The number of halogens is 2. The monoisotopic (exact) mass is 433 g/mol. The fourth-order valence-corrected chi connectivity index (χ4v) is 4.23. The number of carbonyl (C=O) groups is 2. The van der Waals surface area contributed by atoms with Crippen molar-refractivity contribution in [3.63, 3.8) is 0 Å². The van der Waals surface area contributed by atoms with Crippen LogP contribution in [0.4, 0.5) is 0 Å². The maximum atomic E-state index is 12.8. The number of amides is 1. The highest BCUT2D eigenvalue weighted by Gasteiger charge is 2.25. The van der Waals surface area contributed by atoms with Crippen LogP contribution < -0.4 is 4.74 Å². The van der Waals surface area contributed by atoms with E-state index in [4.69, 9.17) is 33.0 Å². The van der Waals surface area contributed by atoms with Crippen molar-refractivity contribution < 1.29 is 19.4 Å². The smallest absolute Gasteiger partial charge is 0.345 e. The third kappa shape index (κ3) is 3.58. The van der Waals surface area contributed by atoms with Crippen molar-refractivity contribution in [2.45, 2.75) is 6.54 Å². The molecule has 0 spiro atoms. The van der Waals surface area contributed by atoms with Crippen LogP contribution in [0.25, 0.3) is 11.1 Å². The number of thiophene rings is 1. The lowest BCUT2D eigenvalue weighted by molar-refractivity contribution is 0.0514. The summed E-state index contributed by atoms with van der Waals surface area (Å²) in [6.07, 6.45) is 0. The number of fused-ring (bicyclic) bond motifs is 1. The van der Waals surface area contributed by atoms with Crippen LogP contribution in [0.2, 0.25) is 10.0 Å². The summed E-state index contributed by atoms with van der Waals surface area (Å²) < 4.78 is 5.72. The first-order valence-electron chi connectivity index (χ1n) is 8.24. The summed E-state index contributed by atoms with van der Waals surface area (Å²) >= 11 is 13.2. The van der Waals surface area contributed by atoms with Crippen LogP contribution in [-0.4, -0.2) is 28.6 Å². The summed E-state index contributed by atoms with van der Waals surface area (Å²) in [5, 5.41) is 11.7. The van der Waals surface area contributed by atoms with E-state index >= 15 is 0 Å². The van der Waals surface area contributed by atoms with E-state index in [9.17, 15) is 9.59 Å². The van der Waals surface area contributed by atoms with Gasteiger partial charge in [0.25, 0.3) is 5.91 Å². The lowest BCUT2D eigenvalue weighted by Crippen LogP contribution is -2.37. The molecule has 2 aromatic carbocycles. The highest BCUT2D eigenvalue weighted by atomic mass is 35.5. The Labute approximate surface area is 174 Å². The Kier molecular flexibility index (Phi) is 5.02. The molecule has 142 valence electrons. The molecule has 5 nitrogen and oxygen atoms in total. The summed E-state index contributed by atoms with van der Waals surface area (Å²) in [6.45, 7) is 0.475. The highest BCUT2D eigenvalue weighted by Crippen LogP contribution is 2.33. The molecular formula is C20H13Cl2NO4S. The summed E-state index contributed by atoms with van der Waals surface area (Å²) in [5.74, 6) is -0.501. The van der Waals surface area contributed by atoms with Gasteiger partial charge in [0.2, 0.25) is 0 Å². The Hall–Kier alpha value is -2.54. The molecule has 0 saturated heterocycles. The lowest BCUT2D eigenvalue weighted by Gasteiger charge is -2.29. The van der Waals surface area contributed by atoms with Gasteiger partial charge in [-0.2, -0.15) is 0 Å². The van der Waals surface area contributed by atoms with Crippen molar-refractivity contribution in [2.24, 2.45) is 0 Å². The maximum Gasteiger partial charge on any atom is 0.345 e. The molecular weight excluding hydrogens is 421 g/mol. The van der Waals surface area contributed by atoms with Crippen LogP contribution in [0.5, 0.6) is 5.75 Å². The molecule has 3 aromatic rings. The van der Waals surface area contributed by atoms with E-state index in [2.05, 4.69) is 0 Å². The SMILES string of the molecule is O=C(O)c1cc(-c2ccc3c(c2)CN(C(=O)c2ccc(Cl)cc2Cl)CO3)cs1. The second kappa shape index (κ2) is 7.47. The quantitative estimate of drug-likeness (QED) is 0.599. The zero-order valence-corrected chi connectivity index (χ0v) is 16.6. The molecule has 0 saturated carbocycles. The van der Waals surface area contributed by atoms with Gasteiger partial charge in [-0.05, 0) is 52.9 Å². The third-order valence-electron chi connectivity index (χ3n) is 4.39. The molecule has 1 aliphatic heterocycles. The Bertz CT molecular complexity index is 1100. The highest BCUT2D eigenvalue weighted by molar-refractivity contribution is 7.12. The number of carboxylic acid groups (broad SMARTS) is 1. The van der Waals surface area contributed by atoms with E-state index in [0.717, 1.165) is 16.7 Å². The van der Waals surface area contributed by atoms with E-state index in [1.165, 1.54) is 17.4 Å². The lowest BCUT2D eigenvalue weighted by atomic mass is 10.0. The number of carbonyl (C=O) groups excluding carboxylic acids is 1. The van der Waals surface area contributed by atoms with Gasteiger partial charge < -0.3 is 14.7 Å². The van der Waals surface area contributed by atoms with Gasteiger partial charge in [0.15, 0.2) is 6.73 Å². The average Bonchev–Trinajstić information content (AvgIpc) is 3.17. The Morgan fingerprint density at radius 3 is 2.61 bits per heavy atom. The minimum atomic E-state index is -0.950. The van der Waals surface area contributed by atoms with Crippen molar-refractivity contribution >= 4 is 46.4 Å². The number of nitrogens with zero attached hydrogens (tertiary/aromatic N) is 1. The van der Waals surface area contributed by atoms with Gasteiger partial charge in [-0.25, -0.2) is 4.79 Å². The molecule has 2 heterocycles. The van der Waals surface area contributed by atoms with E-state index in [0.29, 0.717) is 22.9 Å². The standard InChI is InChI=1S/C20H13Cl2NO4S/c21-14-2-3-15(16(22)7-14)19(24)23-8-12-5-11(1-4-17(12)27-10-23)13-6-18(20(25)26)28-9-13/h1-7,9H,8,10H2,(H,25,26). The van der Waals surface area contributed by atoms with Crippen molar-refractivity contribution in [1.82, 2.24) is 4.90 Å². The summed E-state index contributed by atoms with van der Waals surface area (Å²) in [5.41, 5.74) is 2.88. The molecule has 0 atom stereocenters. The molecule has 0 unspecified atom stereocenters. The Balaban J connectivity index is 1.60. The van der Waals surface area contributed by atoms with Gasteiger partial charge in [-0.3, -0.25) is 4.79 Å². The van der Waals surface area contributed by atoms with Crippen molar-refractivity contribution in [3.8, 4) is 16.9 Å². The van der Waals surface area contributed by atoms with Crippen LogP contribution >= 0.6 is 34.5 Å². The number of aromatic carboxylic acids is 1. The summed E-state index contributed by atoms with van der Waals surface area (Å²) in [4.78, 5) is 25.8. The zero-order chi connectivity index (χ0) is 19.8. The predicted octanol–water partition coefficient (Wildman–Crippen LogP) is 5.41. The molecule has 0 radical (unpaired) electrons. The summed E-state index contributed by atoms with van der Waals surface area (Å²) in [7, 11) is 0. The number of benzene rings is 2. The van der Waals surface area contributed by atoms with Gasteiger partial charge in [-0.15, -0.1) is 11.3 Å². The van der Waals surface area contributed by atoms with Gasteiger partial charge in [0, 0.05) is 10.6 Å². The van der Waals surface area contributed by atoms with E-state index in [1.54, 1.807) is 28.5 Å². The molecule has 1 N–H and O–H groups in total. The van der Waals surface area contributed by atoms with Crippen LogP contribution in [0, 0.1) is 0 Å². The van der Waals surface area contributed by atoms with Crippen molar-refractivity contribution in [1.29, 1.82) is 0 Å². The molecule has 4 rings (SSSR count). The molecule has 8 heteroatoms. The first-order valence-corrected chi connectivity index (χ1v) is 9.88. The number of ether oxygens (including phenoxy) is 1. The van der Waals surface area contributed by atoms with Gasteiger partial charge in [0.1, 0.15) is 10.6 Å². The zero-order valence-electron chi connectivity index (χ0n) is 14.3. The predicted molar refractivity (Wildman–Crippen MR) is 109 cm³/mol. The fraction of sp³-hybridized carbons (Fsp3) is 0.100. The van der Waals surface area contributed by atoms with E-state index in [1.807, 2.05) is 18.2 Å². The van der Waals surface area contributed by atoms with Gasteiger partial charge in [0.05, 0.1) is 17.1 Å². The first-order chi connectivity index (χ1) is 13.4. The third-order valence-corrected chi connectivity index (χ3v) is 5.86. The molecule has 1 aromatic heterocycles. The minimum absolute atomic E-state index is 0.117. The first kappa shape index (κ1) is 18.8. The Morgan fingerprint density at radius 1 is 1.07 bits per heavy atom. The molecule has 1 amide bonds. The van der Waals surface area contributed by atoms with Crippen molar-refractivity contribution in [2.75, 3.05) is 6.73 Å². The molecule has 0 aliphatic carbocycles. The second-order valence-electron chi connectivity index (χ2n) is 6.23. The fourth-order valence-electron chi connectivity index (χ4n) is 2.99. The number of carboxylic acids is 1. The second-order valence-corrected chi connectivity index (χ2v) is 7.98. The van der Waals surface area contributed by atoms with Crippen LogP contribution in [-0.2, 0) is 6.54 Å². The maximum absolute atomic E-state index is 12.8. The average molecular weight is 434 g/mol.